The number of amides is 1. The second-order valence-electron chi connectivity index (χ2n) is 7.12. The van der Waals surface area contributed by atoms with E-state index in [0.29, 0.717) is 22.4 Å². The number of fused-ring (bicyclic) bond motifs is 1. The number of ether oxygens (including phenoxy) is 1. The molecule has 3 rings (SSSR count). The normalized spacial score (nSPS) is 11.4. The molecule has 0 atom stereocenters. The summed E-state index contributed by atoms with van der Waals surface area (Å²) < 4.78 is 11.8. The topological polar surface area (TPSA) is 112 Å². The number of anilines is 1. The van der Waals surface area contributed by atoms with Crippen LogP contribution in [0.1, 0.15) is 61.5 Å². The third kappa shape index (κ3) is 4.03. The second-order valence-corrected chi connectivity index (χ2v) is 7.12. The molecule has 3 aromatic heterocycles. The highest BCUT2D eigenvalue weighted by atomic mass is 16.5. The van der Waals surface area contributed by atoms with Crippen molar-refractivity contribution in [3.8, 4) is 0 Å². The third-order valence-electron chi connectivity index (χ3n) is 4.12. The van der Waals surface area contributed by atoms with E-state index in [-0.39, 0.29) is 17.8 Å². The van der Waals surface area contributed by atoms with E-state index in [9.17, 15) is 9.59 Å². The fourth-order valence-electron chi connectivity index (χ4n) is 2.69. The number of nitrogens with one attached hydrogen (secondary N) is 1. The number of rotatable bonds is 6. The van der Waals surface area contributed by atoms with Gasteiger partial charge in [0.05, 0.1) is 17.1 Å². The summed E-state index contributed by atoms with van der Waals surface area (Å²) in [5.41, 5.74) is 1.71. The lowest BCUT2D eigenvalue weighted by Crippen LogP contribution is -2.21. The number of hydrogen-bond acceptors (Lipinski definition) is 7. The number of aromatic nitrogens is 4. The Morgan fingerprint density at radius 1 is 1.25 bits per heavy atom. The molecule has 0 fully saturated rings. The van der Waals surface area contributed by atoms with Gasteiger partial charge in [-0.15, -0.1) is 0 Å². The van der Waals surface area contributed by atoms with Crippen molar-refractivity contribution in [1.82, 2.24) is 19.9 Å². The van der Waals surface area contributed by atoms with Crippen LogP contribution < -0.4 is 5.32 Å². The summed E-state index contributed by atoms with van der Waals surface area (Å²) in [6.07, 6.45) is 1.60. The molecule has 0 aliphatic heterocycles. The number of carbonyl (C=O) groups excluding carboxylic acids is 2. The molecule has 0 aliphatic carbocycles. The van der Waals surface area contributed by atoms with Crippen molar-refractivity contribution < 1.29 is 18.8 Å². The summed E-state index contributed by atoms with van der Waals surface area (Å²) in [6.45, 7) is 9.23. The number of hydrogen-bond donors (Lipinski definition) is 1. The van der Waals surface area contributed by atoms with Gasteiger partial charge in [0.15, 0.2) is 18.1 Å². The maximum atomic E-state index is 12.7. The number of nitrogens with zero attached hydrogens (tertiary/aromatic N) is 4. The minimum atomic E-state index is -0.607. The van der Waals surface area contributed by atoms with E-state index in [1.54, 1.807) is 29.9 Å². The van der Waals surface area contributed by atoms with Crippen molar-refractivity contribution >= 4 is 28.7 Å². The van der Waals surface area contributed by atoms with Crippen LogP contribution in [0.2, 0.25) is 0 Å². The first-order valence-corrected chi connectivity index (χ1v) is 9.04. The Kier molecular flexibility index (Phi) is 5.43. The van der Waals surface area contributed by atoms with Crippen LogP contribution in [0.15, 0.2) is 22.9 Å². The van der Waals surface area contributed by atoms with Crippen LogP contribution in [0.3, 0.4) is 0 Å². The average Bonchev–Trinajstić information content (AvgIpc) is 3.24. The largest absolute Gasteiger partial charge is 0.452 e. The van der Waals surface area contributed by atoms with Gasteiger partial charge in [-0.1, -0.05) is 19.0 Å². The van der Waals surface area contributed by atoms with E-state index < -0.39 is 18.5 Å². The SMILES string of the molecule is Cc1cc(NC(=O)COC(=O)c2cc(C(C)C)nc3c2cnn3C(C)C)no1. The number of esters is 1. The van der Waals surface area contributed by atoms with Crippen molar-refractivity contribution in [3.63, 3.8) is 0 Å². The standard InChI is InChI=1S/C19H23N5O4/c1-10(2)15-7-13(14-8-20-24(11(3)4)18(14)21-15)19(26)27-9-17(25)22-16-6-12(5)28-23-16/h6-8,10-11H,9H2,1-5H3,(H,22,23,25). The van der Waals surface area contributed by atoms with Gasteiger partial charge in [0.1, 0.15) is 5.76 Å². The van der Waals surface area contributed by atoms with Crippen LogP contribution in [-0.4, -0.2) is 38.4 Å². The fourth-order valence-corrected chi connectivity index (χ4v) is 2.69. The molecule has 0 saturated carbocycles. The lowest BCUT2D eigenvalue weighted by Gasteiger charge is -2.12. The second kappa shape index (κ2) is 7.79. The molecule has 0 saturated heterocycles. The van der Waals surface area contributed by atoms with Crippen molar-refractivity contribution in [3.05, 3.63) is 35.3 Å². The van der Waals surface area contributed by atoms with Crippen molar-refractivity contribution in [2.75, 3.05) is 11.9 Å². The summed E-state index contributed by atoms with van der Waals surface area (Å²) in [4.78, 5) is 29.3. The van der Waals surface area contributed by atoms with E-state index in [2.05, 4.69) is 20.6 Å². The number of aryl methyl sites for hydroxylation is 1. The van der Waals surface area contributed by atoms with Gasteiger partial charge in [-0.25, -0.2) is 14.5 Å². The van der Waals surface area contributed by atoms with Gasteiger partial charge in [-0.2, -0.15) is 5.10 Å². The van der Waals surface area contributed by atoms with Gasteiger partial charge in [0.2, 0.25) is 0 Å². The molecule has 0 aromatic carbocycles. The molecule has 3 aromatic rings. The van der Waals surface area contributed by atoms with Crippen molar-refractivity contribution in [2.45, 2.75) is 46.6 Å². The molecule has 3 heterocycles. The first-order chi connectivity index (χ1) is 13.3. The Morgan fingerprint density at radius 3 is 2.61 bits per heavy atom. The maximum absolute atomic E-state index is 12.7. The Morgan fingerprint density at radius 2 is 2.00 bits per heavy atom. The third-order valence-corrected chi connectivity index (χ3v) is 4.12. The molecular formula is C19H23N5O4. The minimum Gasteiger partial charge on any atom is -0.452 e. The Balaban J connectivity index is 1.81. The molecular weight excluding hydrogens is 362 g/mol. The lowest BCUT2D eigenvalue weighted by atomic mass is 10.1. The average molecular weight is 385 g/mol. The quantitative estimate of drug-likeness (QED) is 0.648. The summed E-state index contributed by atoms with van der Waals surface area (Å²) in [5.74, 6) is -0.164. The van der Waals surface area contributed by atoms with Gasteiger partial charge < -0.3 is 14.6 Å². The van der Waals surface area contributed by atoms with E-state index in [1.165, 1.54) is 0 Å². The smallest absolute Gasteiger partial charge is 0.339 e. The molecule has 0 spiro atoms. The zero-order valence-corrected chi connectivity index (χ0v) is 16.5. The first-order valence-electron chi connectivity index (χ1n) is 9.04. The minimum absolute atomic E-state index is 0.0907. The van der Waals surface area contributed by atoms with Gasteiger partial charge in [0, 0.05) is 17.8 Å². The van der Waals surface area contributed by atoms with Crippen LogP contribution in [0.4, 0.5) is 5.82 Å². The molecule has 28 heavy (non-hydrogen) atoms. The number of pyridine rings is 1. The van der Waals surface area contributed by atoms with E-state index in [0.717, 1.165) is 5.69 Å². The molecule has 1 N–H and O–H groups in total. The zero-order valence-electron chi connectivity index (χ0n) is 16.5. The van der Waals surface area contributed by atoms with Crippen molar-refractivity contribution in [1.29, 1.82) is 0 Å². The molecule has 148 valence electrons. The number of carbonyl (C=O) groups is 2. The Labute approximate surface area is 162 Å². The van der Waals surface area contributed by atoms with E-state index in [1.807, 2.05) is 27.7 Å². The van der Waals surface area contributed by atoms with Crippen LogP contribution in [-0.2, 0) is 9.53 Å². The lowest BCUT2D eigenvalue weighted by molar-refractivity contribution is -0.119. The molecule has 0 bridgehead atoms. The molecule has 1 amide bonds. The first kappa shape index (κ1) is 19.5. The van der Waals surface area contributed by atoms with Crippen LogP contribution in [0, 0.1) is 6.92 Å². The maximum Gasteiger partial charge on any atom is 0.339 e. The summed E-state index contributed by atoms with van der Waals surface area (Å²) in [7, 11) is 0. The Bertz CT molecular complexity index is 1020. The molecule has 0 unspecified atom stereocenters. The Hall–Kier alpha value is -3.23. The van der Waals surface area contributed by atoms with Gasteiger partial charge in [0.25, 0.3) is 5.91 Å². The van der Waals surface area contributed by atoms with Crippen LogP contribution in [0.5, 0.6) is 0 Å². The predicted octanol–water partition coefficient (Wildman–Crippen LogP) is 3.23. The highest BCUT2D eigenvalue weighted by Gasteiger charge is 2.20. The molecule has 0 aliphatic rings. The van der Waals surface area contributed by atoms with E-state index in [4.69, 9.17) is 9.26 Å². The van der Waals surface area contributed by atoms with E-state index >= 15 is 0 Å². The summed E-state index contributed by atoms with van der Waals surface area (Å²) in [6, 6.07) is 3.36. The van der Waals surface area contributed by atoms with Crippen LogP contribution >= 0.6 is 0 Å². The fraction of sp³-hybridized carbons (Fsp3) is 0.421. The van der Waals surface area contributed by atoms with Crippen molar-refractivity contribution in [2.24, 2.45) is 0 Å². The van der Waals surface area contributed by atoms with Crippen LogP contribution in [0.25, 0.3) is 11.0 Å². The monoisotopic (exact) mass is 385 g/mol. The van der Waals surface area contributed by atoms with Gasteiger partial charge in [-0.05, 0) is 32.8 Å². The van der Waals surface area contributed by atoms with Gasteiger partial charge in [-0.3, -0.25) is 4.79 Å². The summed E-state index contributed by atoms with van der Waals surface area (Å²) >= 11 is 0. The summed E-state index contributed by atoms with van der Waals surface area (Å²) in [5, 5.41) is 11.1. The predicted molar refractivity (Wildman–Crippen MR) is 102 cm³/mol. The highest BCUT2D eigenvalue weighted by molar-refractivity contribution is 6.03. The molecule has 9 heteroatoms. The highest BCUT2D eigenvalue weighted by Crippen LogP contribution is 2.25. The van der Waals surface area contributed by atoms with Gasteiger partial charge >= 0.3 is 5.97 Å². The zero-order chi connectivity index (χ0) is 20.4. The molecule has 9 nitrogen and oxygen atoms in total. The molecule has 0 radical (unpaired) electrons.